The average molecular weight is 238 g/mol. The minimum Gasteiger partial charge on any atom is -0.448 e. The summed E-state index contributed by atoms with van der Waals surface area (Å²) >= 11 is 0. The van der Waals surface area contributed by atoms with Crippen LogP contribution in [0.3, 0.4) is 0 Å². The van der Waals surface area contributed by atoms with Crippen molar-refractivity contribution in [2.45, 2.75) is 6.54 Å². The Hall–Kier alpha value is -2.31. The molecule has 0 unspecified atom stereocenters. The summed E-state index contributed by atoms with van der Waals surface area (Å²) in [4.78, 5) is 14.5. The van der Waals surface area contributed by atoms with E-state index in [1.54, 1.807) is 4.57 Å². The number of halogens is 1. The number of nitrogens with zero attached hydrogens (tertiary/aromatic N) is 2. The van der Waals surface area contributed by atoms with Gasteiger partial charge in [0.1, 0.15) is 12.4 Å². The molecule has 0 aliphatic heterocycles. The molecule has 7 heteroatoms. The standard InChI is InChI=1S/C10H11FN4O2/c11-6-1-2-7-8(5-6)15(9(12)14-7)3-4-17-10(13)16/h1-2,5H,3-4H2,(H2,12,14)(H2,13,16). The first-order chi connectivity index (χ1) is 8.08. The van der Waals surface area contributed by atoms with Crippen LogP contribution in [0.4, 0.5) is 15.1 Å². The zero-order valence-electron chi connectivity index (χ0n) is 8.89. The third-order valence-electron chi connectivity index (χ3n) is 2.30. The SMILES string of the molecule is NC(=O)OCCn1c(N)nc2ccc(F)cc21. The summed E-state index contributed by atoms with van der Waals surface area (Å²) in [5, 5.41) is 0. The van der Waals surface area contributed by atoms with Crippen LogP contribution in [0.1, 0.15) is 0 Å². The van der Waals surface area contributed by atoms with Crippen LogP contribution in [0.15, 0.2) is 18.2 Å². The Morgan fingerprint density at radius 2 is 2.29 bits per heavy atom. The van der Waals surface area contributed by atoms with E-state index in [-0.39, 0.29) is 24.9 Å². The second kappa shape index (κ2) is 4.28. The zero-order valence-corrected chi connectivity index (χ0v) is 8.89. The van der Waals surface area contributed by atoms with Gasteiger partial charge in [0.2, 0.25) is 5.95 Å². The molecule has 1 amide bonds. The fourth-order valence-electron chi connectivity index (χ4n) is 1.59. The van der Waals surface area contributed by atoms with E-state index in [0.717, 1.165) is 0 Å². The molecule has 0 radical (unpaired) electrons. The summed E-state index contributed by atoms with van der Waals surface area (Å²) in [7, 11) is 0. The van der Waals surface area contributed by atoms with Gasteiger partial charge < -0.3 is 20.8 Å². The number of carbonyl (C=O) groups excluding carboxylic acids is 1. The largest absolute Gasteiger partial charge is 0.448 e. The van der Waals surface area contributed by atoms with Gasteiger partial charge >= 0.3 is 6.09 Å². The van der Waals surface area contributed by atoms with Crippen molar-refractivity contribution in [3.05, 3.63) is 24.0 Å². The Morgan fingerprint density at radius 3 is 3.00 bits per heavy atom. The lowest BCUT2D eigenvalue weighted by atomic mass is 10.3. The van der Waals surface area contributed by atoms with Crippen LogP contribution in [-0.2, 0) is 11.3 Å². The van der Waals surface area contributed by atoms with Gasteiger partial charge in [-0.15, -0.1) is 0 Å². The van der Waals surface area contributed by atoms with Gasteiger partial charge in [0.05, 0.1) is 17.6 Å². The number of anilines is 1. The van der Waals surface area contributed by atoms with Gasteiger partial charge in [-0.1, -0.05) is 0 Å². The molecule has 1 aromatic carbocycles. The number of benzene rings is 1. The molecule has 2 aromatic rings. The first-order valence-corrected chi connectivity index (χ1v) is 4.91. The van der Waals surface area contributed by atoms with E-state index in [4.69, 9.17) is 11.5 Å². The van der Waals surface area contributed by atoms with Crippen LogP contribution in [0, 0.1) is 5.82 Å². The predicted molar refractivity (Wildman–Crippen MR) is 59.6 cm³/mol. The van der Waals surface area contributed by atoms with E-state index < -0.39 is 6.09 Å². The van der Waals surface area contributed by atoms with E-state index >= 15 is 0 Å². The summed E-state index contributed by atoms with van der Waals surface area (Å²) < 4.78 is 19.2. The molecule has 1 aromatic heterocycles. The number of rotatable bonds is 3. The van der Waals surface area contributed by atoms with Gasteiger partial charge in [-0.3, -0.25) is 0 Å². The van der Waals surface area contributed by atoms with Crippen molar-refractivity contribution in [2.24, 2.45) is 5.73 Å². The molecule has 0 spiro atoms. The van der Waals surface area contributed by atoms with Crippen LogP contribution in [0.25, 0.3) is 11.0 Å². The second-order valence-electron chi connectivity index (χ2n) is 3.42. The molecule has 90 valence electrons. The summed E-state index contributed by atoms with van der Waals surface area (Å²) in [5.41, 5.74) is 11.6. The van der Waals surface area contributed by atoms with Crippen molar-refractivity contribution in [3.8, 4) is 0 Å². The molecule has 0 atom stereocenters. The number of amides is 1. The first-order valence-electron chi connectivity index (χ1n) is 4.91. The Labute approximate surface area is 96.0 Å². The highest BCUT2D eigenvalue weighted by Crippen LogP contribution is 2.18. The van der Waals surface area contributed by atoms with E-state index in [1.807, 2.05) is 0 Å². The molecule has 4 N–H and O–H groups in total. The Kier molecular flexibility index (Phi) is 2.82. The number of nitrogen functional groups attached to an aromatic ring is 1. The highest BCUT2D eigenvalue weighted by molar-refractivity contribution is 5.78. The van der Waals surface area contributed by atoms with E-state index in [9.17, 15) is 9.18 Å². The number of hydrogen-bond acceptors (Lipinski definition) is 4. The number of imidazole rings is 1. The first kappa shape index (κ1) is 11.2. The van der Waals surface area contributed by atoms with Gasteiger partial charge in [-0.05, 0) is 18.2 Å². The fraction of sp³-hybridized carbons (Fsp3) is 0.200. The third kappa shape index (κ3) is 2.27. The third-order valence-corrected chi connectivity index (χ3v) is 2.30. The van der Waals surface area contributed by atoms with E-state index in [0.29, 0.717) is 11.0 Å². The van der Waals surface area contributed by atoms with Crippen molar-refractivity contribution in [1.82, 2.24) is 9.55 Å². The summed E-state index contributed by atoms with van der Waals surface area (Å²) in [6, 6.07) is 4.16. The van der Waals surface area contributed by atoms with Crippen molar-refractivity contribution in [1.29, 1.82) is 0 Å². The molecule has 0 saturated heterocycles. The van der Waals surface area contributed by atoms with Crippen molar-refractivity contribution in [2.75, 3.05) is 12.3 Å². The lowest BCUT2D eigenvalue weighted by molar-refractivity contribution is 0.153. The second-order valence-corrected chi connectivity index (χ2v) is 3.42. The molecular weight excluding hydrogens is 227 g/mol. The van der Waals surface area contributed by atoms with Crippen molar-refractivity contribution in [3.63, 3.8) is 0 Å². The molecular formula is C10H11FN4O2. The van der Waals surface area contributed by atoms with Gasteiger partial charge in [-0.2, -0.15) is 0 Å². The zero-order chi connectivity index (χ0) is 12.4. The number of hydrogen-bond donors (Lipinski definition) is 2. The quantitative estimate of drug-likeness (QED) is 0.828. The highest BCUT2D eigenvalue weighted by Gasteiger charge is 2.09. The predicted octanol–water partition coefficient (Wildman–Crippen LogP) is 0.853. The van der Waals surface area contributed by atoms with Gasteiger partial charge in [-0.25, -0.2) is 14.2 Å². The monoisotopic (exact) mass is 238 g/mol. The smallest absolute Gasteiger partial charge is 0.404 e. The molecule has 0 fully saturated rings. The number of primary amides is 1. The number of fused-ring (bicyclic) bond motifs is 1. The molecule has 0 aliphatic rings. The number of ether oxygens (including phenoxy) is 1. The molecule has 0 saturated carbocycles. The van der Waals surface area contributed by atoms with Crippen molar-refractivity contribution < 1.29 is 13.9 Å². The Morgan fingerprint density at radius 1 is 1.53 bits per heavy atom. The number of aromatic nitrogens is 2. The Balaban J connectivity index is 2.28. The van der Waals surface area contributed by atoms with Crippen LogP contribution < -0.4 is 11.5 Å². The van der Waals surface area contributed by atoms with Crippen LogP contribution in [-0.4, -0.2) is 22.3 Å². The molecule has 2 rings (SSSR count). The van der Waals surface area contributed by atoms with Crippen molar-refractivity contribution >= 4 is 23.1 Å². The maximum atomic E-state index is 13.1. The number of nitrogens with two attached hydrogens (primary N) is 2. The minimum absolute atomic E-state index is 0.0571. The van der Waals surface area contributed by atoms with E-state index in [2.05, 4.69) is 9.72 Å². The molecule has 1 heterocycles. The molecule has 17 heavy (non-hydrogen) atoms. The van der Waals surface area contributed by atoms with E-state index in [1.165, 1.54) is 18.2 Å². The number of carbonyl (C=O) groups is 1. The maximum absolute atomic E-state index is 13.1. The van der Waals surface area contributed by atoms with Gasteiger partial charge in [0.25, 0.3) is 0 Å². The summed E-state index contributed by atoms with van der Waals surface area (Å²) in [5.74, 6) is -0.145. The lowest BCUT2D eigenvalue weighted by Gasteiger charge is -2.06. The van der Waals surface area contributed by atoms with Gasteiger partial charge in [0.15, 0.2) is 0 Å². The minimum atomic E-state index is -0.862. The van der Waals surface area contributed by atoms with Crippen LogP contribution in [0.2, 0.25) is 0 Å². The molecule has 0 bridgehead atoms. The van der Waals surface area contributed by atoms with Crippen LogP contribution in [0.5, 0.6) is 0 Å². The summed E-state index contributed by atoms with van der Waals surface area (Å²) in [6.45, 7) is 0.330. The Bertz CT molecular complexity index is 567. The van der Waals surface area contributed by atoms with Crippen LogP contribution >= 0.6 is 0 Å². The molecule has 6 nitrogen and oxygen atoms in total. The van der Waals surface area contributed by atoms with Gasteiger partial charge in [0, 0.05) is 0 Å². The summed E-state index contributed by atoms with van der Waals surface area (Å²) in [6.07, 6.45) is -0.862. The normalized spacial score (nSPS) is 10.6. The maximum Gasteiger partial charge on any atom is 0.404 e. The average Bonchev–Trinajstić information content (AvgIpc) is 2.55. The lowest BCUT2D eigenvalue weighted by Crippen LogP contribution is -2.17. The fourth-order valence-corrected chi connectivity index (χ4v) is 1.59. The highest BCUT2D eigenvalue weighted by atomic mass is 19.1. The topological polar surface area (TPSA) is 96.2 Å². The molecule has 0 aliphatic carbocycles.